The molecule has 0 radical (unpaired) electrons. The third kappa shape index (κ3) is 3.37. The Kier molecular flexibility index (Phi) is 4.36. The van der Waals surface area contributed by atoms with Crippen molar-refractivity contribution in [3.63, 3.8) is 0 Å². The first-order valence-electron chi connectivity index (χ1n) is 8.47. The SMILES string of the molecule is OB1OCc2cc(Nc3nccc(OC4CCCCC4)n3)ccc21. The van der Waals surface area contributed by atoms with E-state index in [1.165, 1.54) is 19.3 Å². The van der Waals surface area contributed by atoms with Crippen molar-refractivity contribution in [1.29, 1.82) is 0 Å². The van der Waals surface area contributed by atoms with Crippen LogP contribution in [0.2, 0.25) is 0 Å². The minimum absolute atomic E-state index is 0.264. The first-order valence-corrected chi connectivity index (χ1v) is 8.47. The molecule has 0 amide bonds. The fourth-order valence-corrected chi connectivity index (χ4v) is 3.26. The van der Waals surface area contributed by atoms with Crippen LogP contribution < -0.4 is 15.5 Å². The van der Waals surface area contributed by atoms with E-state index >= 15 is 0 Å². The monoisotopic (exact) mass is 325 g/mol. The summed E-state index contributed by atoms with van der Waals surface area (Å²) in [6.45, 7) is 0.414. The summed E-state index contributed by atoms with van der Waals surface area (Å²) in [4.78, 5) is 8.70. The highest BCUT2D eigenvalue weighted by molar-refractivity contribution is 6.61. The molecule has 0 bridgehead atoms. The minimum atomic E-state index is -0.822. The average Bonchev–Trinajstić information content (AvgIpc) is 2.97. The van der Waals surface area contributed by atoms with Gasteiger partial charge in [-0.1, -0.05) is 12.5 Å². The van der Waals surface area contributed by atoms with Crippen LogP contribution in [0.15, 0.2) is 30.5 Å². The second-order valence-electron chi connectivity index (χ2n) is 6.30. The summed E-state index contributed by atoms with van der Waals surface area (Å²) in [6, 6.07) is 7.49. The molecule has 1 aromatic carbocycles. The van der Waals surface area contributed by atoms with Gasteiger partial charge >= 0.3 is 7.12 Å². The highest BCUT2D eigenvalue weighted by Gasteiger charge is 2.27. The van der Waals surface area contributed by atoms with Gasteiger partial charge in [0, 0.05) is 18.0 Å². The van der Waals surface area contributed by atoms with Crippen LogP contribution in [0.3, 0.4) is 0 Å². The van der Waals surface area contributed by atoms with Crippen molar-refractivity contribution in [1.82, 2.24) is 9.97 Å². The Labute approximate surface area is 141 Å². The van der Waals surface area contributed by atoms with Crippen LogP contribution in [0.5, 0.6) is 5.88 Å². The van der Waals surface area contributed by atoms with Crippen molar-refractivity contribution in [3.8, 4) is 5.88 Å². The number of nitrogens with zero attached hydrogens (tertiary/aromatic N) is 2. The predicted molar refractivity (Wildman–Crippen MR) is 91.7 cm³/mol. The third-order valence-corrected chi connectivity index (χ3v) is 4.53. The highest BCUT2D eigenvalue weighted by Crippen LogP contribution is 2.23. The van der Waals surface area contributed by atoms with Crippen molar-refractivity contribution < 1.29 is 14.4 Å². The summed E-state index contributed by atoms with van der Waals surface area (Å²) in [6.07, 6.45) is 7.91. The van der Waals surface area contributed by atoms with Crippen molar-refractivity contribution in [3.05, 3.63) is 36.0 Å². The van der Waals surface area contributed by atoms with Crippen LogP contribution >= 0.6 is 0 Å². The smallest absolute Gasteiger partial charge is 0.474 e. The molecular formula is C17H20BN3O3. The van der Waals surface area contributed by atoms with E-state index in [9.17, 15) is 5.02 Å². The van der Waals surface area contributed by atoms with Crippen LogP contribution in [0.25, 0.3) is 0 Å². The van der Waals surface area contributed by atoms with E-state index in [4.69, 9.17) is 9.39 Å². The molecule has 0 spiro atoms. The van der Waals surface area contributed by atoms with Crippen LogP contribution in [-0.2, 0) is 11.3 Å². The topological polar surface area (TPSA) is 76.5 Å². The predicted octanol–water partition coefficient (Wildman–Crippen LogP) is 2.15. The van der Waals surface area contributed by atoms with Crippen molar-refractivity contribution >= 4 is 24.2 Å². The maximum absolute atomic E-state index is 9.67. The Morgan fingerprint density at radius 1 is 1.21 bits per heavy atom. The Balaban J connectivity index is 1.46. The largest absolute Gasteiger partial charge is 0.491 e. The number of nitrogens with one attached hydrogen (secondary N) is 1. The lowest BCUT2D eigenvalue weighted by atomic mass is 9.79. The van der Waals surface area contributed by atoms with E-state index in [-0.39, 0.29) is 6.10 Å². The van der Waals surface area contributed by atoms with Gasteiger partial charge in [-0.15, -0.1) is 0 Å². The molecule has 0 atom stereocenters. The van der Waals surface area contributed by atoms with Crippen molar-refractivity contribution in [2.75, 3.05) is 5.32 Å². The fourth-order valence-electron chi connectivity index (χ4n) is 3.26. The Morgan fingerprint density at radius 2 is 2.08 bits per heavy atom. The molecular weight excluding hydrogens is 305 g/mol. The lowest BCUT2D eigenvalue weighted by molar-refractivity contribution is 0.148. The van der Waals surface area contributed by atoms with Gasteiger partial charge in [0.25, 0.3) is 0 Å². The number of rotatable bonds is 4. The number of benzene rings is 1. The number of hydrogen-bond acceptors (Lipinski definition) is 6. The van der Waals surface area contributed by atoms with E-state index in [1.54, 1.807) is 12.3 Å². The summed E-state index contributed by atoms with van der Waals surface area (Å²) in [7, 11) is -0.822. The molecule has 1 fully saturated rings. The van der Waals surface area contributed by atoms with E-state index in [0.29, 0.717) is 18.4 Å². The van der Waals surface area contributed by atoms with Crippen molar-refractivity contribution in [2.45, 2.75) is 44.8 Å². The molecule has 2 aliphatic rings. The Hall–Kier alpha value is -2.12. The van der Waals surface area contributed by atoms with Gasteiger partial charge in [-0.3, -0.25) is 0 Å². The maximum Gasteiger partial charge on any atom is 0.491 e. The molecule has 1 saturated carbocycles. The van der Waals surface area contributed by atoms with Gasteiger partial charge in [-0.2, -0.15) is 4.98 Å². The van der Waals surface area contributed by atoms with Gasteiger partial charge in [-0.25, -0.2) is 4.98 Å². The zero-order chi connectivity index (χ0) is 16.4. The lowest BCUT2D eigenvalue weighted by Crippen LogP contribution is -2.27. The van der Waals surface area contributed by atoms with E-state index < -0.39 is 7.12 Å². The van der Waals surface area contributed by atoms with Gasteiger partial charge in [0.1, 0.15) is 6.10 Å². The van der Waals surface area contributed by atoms with E-state index in [1.807, 2.05) is 18.2 Å². The number of hydrogen-bond donors (Lipinski definition) is 2. The van der Waals surface area contributed by atoms with Crippen LogP contribution in [-0.4, -0.2) is 28.2 Å². The molecule has 4 rings (SSSR count). The second-order valence-corrected chi connectivity index (χ2v) is 6.30. The van der Waals surface area contributed by atoms with Crippen LogP contribution in [0, 0.1) is 0 Å². The summed E-state index contributed by atoms with van der Waals surface area (Å²) in [5.41, 5.74) is 2.65. The quantitative estimate of drug-likeness (QED) is 0.839. The molecule has 1 aliphatic heterocycles. The molecule has 24 heavy (non-hydrogen) atoms. The van der Waals surface area contributed by atoms with Gasteiger partial charge in [0.2, 0.25) is 11.8 Å². The number of ether oxygens (including phenoxy) is 1. The standard InChI is InChI=1S/C17H20BN3O3/c22-18-15-7-6-13(10-12(15)11-23-18)20-17-19-9-8-16(21-17)24-14-4-2-1-3-5-14/h6-10,14,22H,1-5,11H2,(H,19,20,21). The average molecular weight is 325 g/mol. The summed E-state index contributed by atoms with van der Waals surface area (Å²) >= 11 is 0. The molecule has 1 aliphatic carbocycles. The second kappa shape index (κ2) is 6.79. The summed E-state index contributed by atoms with van der Waals surface area (Å²) < 4.78 is 11.2. The zero-order valence-corrected chi connectivity index (χ0v) is 13.4. The highest BCUT2D eigenvalue weighted by atomic mass is 16.5. The molecule has 2 heterocycles. The first-order chi connectivity index (χ1) is 11.8. The minimum Gasteiger partial charge on any atom is -0.474 e. The Bertz CT molecular complexity index is 722. The van der Waals surface area contributed by atoms with E-state index in [2.05, 4.69) is 15.3 Å². The van der Waals surface area contributed by atoms with Crippen molar-refractivity contribution in [2.24, 2.45) is 0 Å². The Morgan fingerprint density at radius 3 is 2.96 bits per heavy atom. The van der Waals surface area contributed by atoms with E-state index in [0.717, 1.165) is 29.6 Å². The van der Waals surface area contributed by atoms with Gasteiger partial charge in [0.05, 0.1) is 6.61 Å². The molecule has 6 nitrogen and oxygen atoms in total. The number of anilines is 2. The lowest BCUT2D eigenvalue weighted by Gasteiger charge is -2.22. The number of fused-ring (bicyclic) bond motifs is 1. The van der Waals surface area contributed by atoms with Gasteiger partial charge < -0.3 is 19.7 Å². The molecule has 2 aromatic rings. The van der Waals surface area contributed by atoms with Gasteiger partial charge in [0.15, 0.2) is 0 Å². The summed E-state index contributed by atoms with van der Waals surface area (Å²) in [5, 5.41) is 12.9. The van der Waals surface area contributed by atoms with Gasteiger partial charge in [-0.05, 0) is 48.8 Å². The molecule has 0 saturated heterocycles. The summed E-state index contributed by atoms with van der Waals surface area (Å²) in [5.74, 6) is 1.11. The molecule has 1 aromatic heterocycles. The maximum atomic E-state index is 9.67. The first kappa shape index (κ1) is 15.4. The van der Waals surface area contributed by atoms with Crippen LogP contribution in [0.1, 0.15) is 37.7 Å². The fraction of sp³-hybridized carbons (Fsp3) is 0.412. The molecule has 0 unspecified atom stereocenters. The van der Waals surface area contributed by atoms with Crippen LogP contribution in [0.4, 0.5) is 11.6 Å². The molecule has 7 heteroatoms. The third-order valence-electron chi connectivity index (χ3n) is 4.53. The normalized spacial score (nSPS) is 17.6. The zero-order valence-electron chi connectivity index (χ0n) is 13.4. The molecule has 124 valence electrons. The number of aromatic nitrogens is 2. The molecule has 2 N–H and O–H groups in total.